The van der Waals surface area contributed by atoms with E-state index in [1.165, 1.54) is 32.0 Å². The summed E-state index contributed by atoms with van der Waals surface area (Å²) in [5.74, 6) is 4.06. The van der Waals surface area contributed by atoms with E-state index in [9.17, 15) is 0 Å². The largest absolute Gasteiger partial charge is 0.341 e. The third-order valence-corrected chi connectivity index (χ3v) is 6.49. The van der Waals surface area contributed by atoms with Gasteiger partial charge in [0.15, 0.2) is 11.6 Å². The lowest BCUT2D eigenvalue weighted by molar-refractivity contribution is 0.467. The number of hydrogen-bond acceptors (Lipinski definition) is 8. The van der Waals surface area contributed by atoms with E-state index in [0.29, 0.717) is 17.8 Å². The summed E-state index contributed by atoms with van der Waals surface area (Å²) in [4.78, 5) is 25.1. The first-order chi connectivity index (χ1) is 15.8. The van der Waals surface area contributed by atoms with Crippen LogP contribution in [0, 0.1) is 6.92 Å². The molecule has 1 aliphatic heterocycles. The summed E-state index contributed by atoms with van der Waals surface area (Å²) in [6.45, 7) is 4.19. The normalized spacial score (nSPS) is 18.1. The number of hydrogen-bond donors (Lipinski definition) is 0. The molecular weight excluding hydrogens is 404 g/mol. The van der Waals surface area contributed by atoms with Gasteiger partial charge in [0.2, 0.25) is 5.95 Å². The van der Waals surface area contributed by atoms with Gasteiger partial charge in [0, 0.05) is 30.8 Å². The first-order valence-corrected chi connectivity index (χ1v) is 11.1. The van der Waals surface area contributed by atoms with Crippen LogP contribution >= 0.6 is 0 Å². The highest BCUT2D eigenvalue weighted by Gasteiger charge is 2.39. The third-order valence-electron chi connectivity index (χ3n) is 6.49. The molecule has 2 aliphatic rings. The molecule has 0 unspecified atom stereocenters. The number of nitrogens with zero attached hydrogens (tertiary/aromatic N) is 10. The van der Waals surface area contributed by atoms with Gasteiger partial charge in [-0.2, -0.15) is 4.98 Å². The van der Waals surface area contributed by atoms with Crippen molar-refractivity contribution >= 4 is 5.82 Å². The maximum atomic E-state index is 5.11. The van der Waals surface area contributed by atoms with Gasteiger partial charge in [-0.3, -0.25) is 9.13 Å². The van der Waals surface area contributed by atoms with E-state index >= 15 is 0 Å². The number of imidazole rings is 1. The summed E-state index contributed by atoms with van der Waals surface area (Å²) < 4.78 is 4.00. The summed E-state index contributed by atoms with van der Waals surface area (Å²) in [6, 6.07) is 0.580. The van der Waals surface area contributed by atoms with Crippen molar-refractivity contribution in [1.82, 2.24) is 44.3 Å². The minimum atomic E-state index is 0.138. The molecule has 4 aromatic heterocycles. The summed E-state index contributed by atoms with van der Waals surface area (Å²) >= 11 is 0. The summed E-state index contributed by atoms with van der Waals surface area (Å²) in [6.07, 6.45) is 16.3. The second-order valence-electron chi connectivity index (χ2n) is 8.34. The second kappa shape index (κ2) is 7.47. The highest BCUT2D eigenvalue weighted by molar-refractivity contribution is 5.64. The molecule has 1 saturated carbocycles. The zero-order valence-corrected chi connectivity index (χ0v) is 18.1. The topological polar surface area (TPSA) is 103 Å². The fraction of sp³-hybridized carbons (Fsp3) is 0.409. The highest BCUT2D eigenvalue weighted by Crippen LogP contribution is 2.43. The zero-order chi connectivity index (χ0) is 21.7. The van der Waals surface area contributed by atoms with Crippen molar-refractivity contribution in [2.75, 3.05) is 4.90 Å². The molecule has 6 rings (SSSR count). The van der Waals surface area contributed by atoms with Crippen molar-refractivity contribution < 1.29 is 0 Å². The maximum absolute atomic E-state index is 5.11. The van der Waals surface area contributed by atoms with Crippen LogP contribution in [-0.4, -0.2) is 50.3 Å². The lowest BCUT2D eigenvalue weighted by Crippen LogP contribution is -2.42. The summed E-state index contributed by atoms with van der Waals surface area (Å²) in [7, 11) is 0. The first kappa shape index (κ1) is 19.0. The lowest BCUT2D eigenvalue weighted by Gasteiger charge is -2.41. The molecule has 1 atom stereocenters. The first-order valence-electron chi connectivity index (χ1n) is 11.1. The Hall–Kier alpha value is -3.69. The minimum absolute atomic E-state index is 0.138. The van der Waals surface area contributed by atoms with Gasteiger partial charge in [0.1, 0.15) is 23.7 Å². The van der Waals surface area contributed by atoms with Gasteiger partial charge in [0.25, 0.3) is 0 Å². The van der Waals surface area contributed by atoms with Gasteiger partial charge < -0.3 is 4.90 Å². The molecule has 4 aromatic rings. The quantitative estimate of drug-likeness (QED) is 0.488. The molecule has 32 heavy (non-hydrogen) atoms. The van der Waals surface area contributed by atoms with Gasteiger partial charge in [-0.05, 0) is 26.2 Å². The van der Waals surface area contributed by atoms with E-state index in [-0.39, 0.29) is 6.04 Å². The fourth-order valence-corrected chi connectivity index (χ4v) is 5.07. The molecular formula is C22H24N10. The molecule has 0 bridgehead atoms. The van der Waals surface area contributed by atoms with Crippen molar-refractivity contribution in [3.8, 4) is 23.0 Å². The van der Waals surface area contributed by atoms with Gasteiger partial charge in [-0.25, -0.2) is 19.9 Å². The standard InChI is InChI=1S/C22H24N10/c1-3-17-21-29-28-14(2)31(21)18-12-26-22(27-20(18)32(17)16-6-4-5-7-16)30-9-8-25-19(30)15-10-23-13-24-11-15/h8-13,16-17H,3-7H2,1-2H3/t17-/m1/s1. The predicted molar refractivity (Wildman–Crippen MR) is 118 cm³/mol. The smallest absolute Gasteiger partial charge is 0.237 e. The molecule has 10 heteroatoms. The van der Waals surface area contributed by atoms with Gasteiger partial charge in [-0.15, -0.1) is 10.2 Å². The minimum Gasteiger partial charge on any atom is -0.341 e. The average Bonchev–Trinajstić information content (AvgIpc) is 3.60. The number of aryl methyl sites for hydroxylation is 1. The van der Waals surface area contributed by atoms with Crippen molar-refractivity contribution in [3.63, 3.8) is 0 Å². The molecule has 1 fully saturated rings. The maximum Gasteiger partial charge on any atom is 0.237 e. The number of fused-ring (bicyclic) bond motifs is 3. The van der Waals surface area contributed by atoms with E-state index < -0.39 is 0 Å². The molecule has 0 radical (unpaired) electrons. The van der Waals surface area contributed by atoms with Crippen molar-refractivity contribution in [2.45, 2.75) is 58.0 Å². The monoisotopic (exact) mass is 428 g/mol. The van der Waals surface area contributed by atoms with E-state index in [2.05, 4.69) is 41.5 Å². The molecule has 0 amide bonds. The van der Waals surface area contributed by atoms with Crippen molar-refractivity contribution in [1.29, 1.82) is 0 Å². The molecule has 0 N–H and O–H groups in total. The Balaban J connectivity index is 1.53. The van der Waals surface area contributed by atoms with Crippen LogP contribution in [0.4, 0.5) is 5.82 Å². The van der Waals surface area contributed by atoms with E-state index in [0.717, 1.165) is 35.1 Å². The van der Waals surface area contributed by atoms with Gasteiger partial charge in [-0.1, -0.05) is 19.8 Å². The Morgan fingerprint density at radius 2 is 1.84 bits per heavy atom. The predicted octanol–water partition coefficient (Wildman–Crippen LogP) is 3.22. The van der Waals surface area contributed by atoms with E-state index in [1.54, 1.807) is 18.6 Å². The van der Waals surface area contributed by atoms with Crippen LogP contribution in [0.3, 0.4) is 0 Å². The number of aromatic nitrogens is 9. The molecule has 5 heterocycles. The van der Waals surface area contributed by atoms with Crippen LogP contribution in [0.2, 0.25) is 0 Å². The molecule has 0 spiro atoms. The Labute approximate surface area is 185 Å². The number of rotatable bonds is 4. The molecule has 10 nitrogen and oxygen atoms in total. The lowest BCUT2D eigenvalue weighted by atomic mass is 10.0. The summed E-state index contributed by atoms with van der Waals surface area (Å²) in [5, 5.41) is 8.93. The van der Waals surface area contributed by atoms with E-state index in [4.69, 9.17) is 9.97 Å². The second-order valence-corrected chi connectivity index (χ2v) is 8.34. The molecule has 162 valence electrons. The fourth-order valence-electron chi connectivity index (χ4n) is 5.07. The van der Waals surface area contributed by atoms with Gasteiger partial charge in [0.05, 0.1) is 17.8 Å². The molecule has 0 saturated heterocycles. The average molecular weight is 429 g/mol. The van der Waals surface area contributed by atoms with Crippen LogP contribution in [0.25, 0.3) is 23.0 Å². The number of anilines is 1. The van der Waals surface area contributed by atoms with Crippen LogP contribution in [-0.2, 0) is 0 Å². The van der Waals surface area contributed by atoms with Crippen LogP contribution < -0.4 is 4.90 Å². The van der Waals surface area contributed by atoms with Crippen LogP contribution in [0.5, 0.6) is 0 Å². The Morgan fingerprint density at radius 1 is 1.03 bits per heavy atom. The van der Waals surface area contributed by atoms with Crippen LogP contribution in [0.1, 0.15) is 56.7 Å². The SMILES string of the molecule is CC[C@@H]1c2nnc(C)n2-c2cnc(-n3ccnc3-c3cncnc3)nc2N1C1CCCC1. The van der Waals surface area contributed by atoms with E-state index in [1.807, 2.05) is 23.9 Å². The van der Waals surface area contributed by atoms with Crippen molar-refractivity contribution in [3.05, 3.63) is 49.0 Å². The Morgan fingerprint density at radius 3 is 2.62 bits per heavy atom. The van der Waals surface area contributed by atoms with Crippen LogP contribution in [0.15, 0.2) is 37.3 Å². The molecule has 0 aromatic carbocycles. The van der Waals surface area contributed by atoms with Gasteiger partial charge >= 0.3 is 0 Å². The zero-order valence-electron chi connectivity index (χ0n) is 18.1. The third kappa shape index (κ3) is 2.82. The highest BCUT2D eigenvalue weighted by atomic mass is 15.4. The summed E-state index contributed by atoms with van der Waals surface area (Å²) in [5.41, 5.74) is 1.75. The van der Waals surface area contributed by atoms with Crippen molar-refractivity contribution in [2.24, 2.45) is 0 Å². The Kier molecular flexibility index (Phi) is 4.44. The Bertz CT molecular complexity index is 1250. The molecule has 1 aliphatic carbocycles.